The molecule has 0 saturated heterocycles. The normalized spacial score (nSPS) is 13.0. The second-order valence-electron chi connectivity index (χ2n) is 18.9. The van der Waals surface area contributed by atoms with Crippen LogP contribution in [0.5, 0.6) is 0 Å². The van der Waals surface area contributed by atoms with Crippen molar-refractivity contribution in [3.8, 4) is 40.4 Å². The third-order valence-corrected chi connectivity index (χ3v) is 19.4. The van der Waals surface area contributed by atoms with Crippen molar-refractivity contribution in [3.63, 3.8) is 0 Å². The van der Waals surface area contributed by atoms with Gasteiger partial charge in [-0.3, -0.25) is 0 Å². The van der Waals surface area contributed by atoms with Crippen molar-refractivity contribution in [2.45, 2.75) is 170 Å². The summed E-state index contributed by atoms with van der Waals surface area (Å²) in [5, 5.41) is 8.64. The number of aromatic nitrogens is 2. The molecule has 2 unspecified atom stereocenters. The first-order valence-electron chi connectivity index (χ1n) is 25.6. The number of aryl methyl sites for hydroxylation is 2. The number of halogens is 2. The Morgan fingerprint density at radius 3 is 1.27 bits per heavy atom. The molecule has 6 heterocycles. The highest BCUT2D eigenvalue weighted by atomic mass is 35.5. The highest BCUT2D eigenvalue weighted by Crippen LogP contribution is 2.49. The van der Waals surface area contributed by atoms with E-state index in [2.05, 4.69) is 122 Å². The molecule has 8 aromatic rings. The monoisotopic (exact) mass is 994 g/mol. The van der Waals surface area contributed by atoms with Crippen LogP contribution in [-0.2, 0) is 25.9 Å². The maximum Gasteiger partial charge on any atom is 0.0754 e. The molecule has 0 aliphatic carbocycles. The first kappa shape index (κ1) is 49.6. The molecule has 0 radical (unpaired) electrons. The summed E-state index contributed by atoms with van der Waals surface area (Å²) in [7, 11) is 0. The number of unbranched alkanes of at least 4 members (excludes halogenated alkanes) is 8. The molecule has 66 heavy (non-hydrogen) atoms. The van der Waals surface area contributed by atoms with E-state index in [1.165, 1.54) is 163 Å². The average molecular weight is 996 g/mol. The van der Waals surface area contributed by atoms with E-state index in [4.69, 9.17) is 23.2 Å². The molecule has 0 bridgehead atoms. The molecule has 6 aromatic heterocycles. The quantitative estimate of drug-likeness (QED) is 0.0479. The zero-order chi connectivity index (χ0) is 46.2. The standard InChI is InChI=1S/C58H72Cl2N2S4/c1-7-13-17-19-27-61-49-37-43(53-33-41(31-39(11-5)23-15-9-3)57(65-53)51-25-21-29-63-51)47(59)35-45(49)56-55(61)46-36-48(60)44(38-50(46)62(56)28-20-18-14-8-2)54-34-42(32-40(12-6)24-16-10-4)58(66-54)52-26-22-30-64-52/h21-22,25-26,29-30,33-40H,7-20,23-24,27-28,31-32H2,1-6H3. The van der Waals surface area contributed by atoms with Gasteiger partial charge < -0.3 is 9.13 Å². The van der Waals surface area contributed by atoms with Gasteiger partial charge in [0.15, 0.2) is 0 Å². The van der Waals surface area contributed by atoms with Crippen molar-refractivity contribution in [2.75, 3.05) is 0 Å². The zero-order valence-corrected chi connectivity index (χ0v) is 45.3. The molecule has 8 rings (SSSR count). The van der Waals surface area contributed by atoms with Crippen molar-refractivity contribution in [1.29, 1.82) is 0 Å². The van der Waals surface area contributed by atoms with E-state index < -0.39 is 0 Å². The Morgan fingerprint density at radius 2 is 0.909 bits per heavy atom. The first-order chi connectivity index (χ1) is 32.3. The van der Waals surface area contributed by atoms with Crippen LogP contribution < -0.4 is 0 Å². The Kier molecular flexibility index (Phi) is 17.8. The van der Waals surface area contributed by atoms with Crippen LogP contribution in [0, 0.1) is 11.8 Å². The lowest BCUT2D eigenvalue weighted by molar-refractivity contribution is 0.450. The van der Waals surface area contributed by atoms with Crippen LogP contribution in [0.2, 0.25) is 10.0 Å². The summed E-state index contributed by atoms with van der Waals surface area (Å²) in [6.45, 7) is 15.9. The fourth-order valence-corrected chi connectivity index (χ4v) is 15.3. The first-order valence-corrected chi connectivity index (χ1v) is 29.8. The summed E-state index contributed by atoms with van der Waals surface area (Å²) in [5.41, 5.74) is 10.5. The van der Waals surface area contributed by atoms with E-state index in [1.54, 1.807) is 0 Å². The van der Waals surface area contributed by atoms with Gasteiger partial charge >= 0.3 is 0 Å². The third kappa shape index (κ3) is 10.8. The molecule has 2 nitrogen and oxygen atoms in total. The van der Waals surface area contributed by atoms with Gasteiger partial charge in [-0.2, -0.15) is 0 Å². The van der Waals surface area contributed by atoms with Crippen LogP contribution in [0.4, 0.5) is 0 Å². The molecule has 0 N–H and O–H groups in total. The molecule has 0 fully saturated rings. The van der Waals surface area contributed by atoms with Gasteiger partial charge in [0.2, 0.25) is 0 Å². The number of hydrogen-bond donors (Lipinski definition) is 0. The molecule has 0 aliphatic rings. The molecule has 0 saturated carbocycles. The zero-order valence-electron chi connectivity index (χ0n) is 40.5. The molecule has 0 spiro atoms. The summed E-state index contributed by atoms with van der Waals surface area (Å²) in [6, 6.07) is 23.5. The van der Waals surface area contributed by atoms with Crippen LogP contribution >= 0.6 is 68.5 Å². The van der Waals surface area contributed by atoms with E-state index in [1.807, 2.05) is 45.3 Å². The number of benzene rings is 2. The van der Waals surface area contributed by atoms with E-state index in [0.29, 0.717) is 11.8 Å². The molecular weight excluding hydrogens is 924 g/mol. The largest absolute Gasteiger partial charge is 0.339 e. The maximum absolute atomic E-state index is 7.61. The average Bonchev–Trinajstić information content (AvgIpc) is 4.20. The fourth-order valence-electron chi connectivity index (χ4n) is 10.4. The molecule has 8 heteroatoms. The lowest BCUT2D eigenvalue weighted by Gasteiger charge is -2.14. The summed E-state index contributed by atoms with van der Waals surface area (Å²) in [6.07, 6.45) is 22.0. The van der Waals surface area contributed by atoms with Crippen molar-refractivity contribution >= 4 is 101 Å². The number of thiophene rings is 4. The SMILES string of the molecule is CCCCCCn1c2cc(-c3cc(CC(CC)CCCC)c(-c4cccs4)s3)c(Cl)cc2c2c1c1cc(Cl)c(-c3cc(CC(CC)CCCC)c(-c4cccs4)s3)cc1n2CCCCCC. The smallest absolute Gasteiger partial charge is 0.0754 e. The van der Waals surface area contributed by atoms with Crippen LogP contribution in [0.25, 0.3) is 73.2 Å². The molecule has 0 amide bonds. The molecule has 0 aliphatic heterocycles. The molecule has 352 valence electrons. The molecular formula is C58H72Cl2N2S4. The second kappa shape index (κ2) is 23.6. The topological polar surface area (TPSA) is 9.86 Å². The number of nitrogens with zero attached hydrogens (tertiary/aromatic N) is 2. The number of hydrogen-bond acceptors (Lipinski definition) is 4. The van der Waals surface area contributed by atoms with Crippen LogP contribution in [0.1, 0.15) is 155 Å². The van der Waals surface area contributed by atoms with Crippen LogP contribution in [-0.4, -0.2) is 9.13 Å². The molecule has 2 atom stereocenters. The highest BCUT2D eigenvalue weighted by Gasteiger charge is 2.26. The van der Waals surface area contributed by atoms with E-state index >= 15 is 0 Å². The van der Waals surface area contributed by atoms with Gasteiger partial charge in [-0.1, -0.05) is 167 Å². The Hall–Kier alpha value is -2.84. The number of fused-ring (bicyclic) bond motifs is 5. The molecule has 2 aromatic carbocycles. The van der Waals surface area contributed by atoms with Gasteiger partial charge in [0.05, 0.1) is 32.1 Å². The second-order valence-corrected chi connectivity index (χ2v) is 23.8. The van der Waals surface area contributed by atoms with Gasteiger partial charge in [-0.15, -0.1) is 45.3 Å². The van der Waals surface area contributed by atoms with Crippen molar-refractivity contribution < 1.29 is 0 Å². The predicted octanol–water partition coefficient (Wildman–Crippen LogP) is 21.6. The lowest BCUT2D eigenvalue weighted by atomic mass is 9.91. The summed E-state index contributed by atoms with van der Waals surface area (Å²) in [4.78, 5) is 8.13. The maximum atomic E-state index is 7.61. The van der Waals surface area contributed by atoms with Crippen molar-refractivity contribution in [2.24, 2.45) is 11.8 Å². The Balaban J connectivity index is 1.30. The highest BCUT2D eigenvalue weighted by molar-refractivity contribution is 7.24. The van der Waals surface area contributed by atoms with Crippen LogP contribution in [0.3, 0.4) is 0 Å². The Morgan fingerprint density at radius 1 is 0.485 bits per heavy atom. The van der Waals surface area contributed by atoms with Gasteiger partial charge in [0, 0.05) is 64.3 Å². The Labute approximate surface area is 422 Å². The minimum atomic E-state index is 0.692. The predicted molar refractivity (Wildman–Crippen MR) is 301 cm³/mol. The lowest BCUT2D eigenvalue weighted by Crippen LogP contribution is -2.03. The van der Waals surface area contributed by atoms with E-state index in [0.717, 1.165) is 59.9 Å². The van der Waals surface area contributed by atoms with Gasteiger partial charge in [0.25, 0.3) is 0 Å². The third-order valence-electron chi connectivity index (χ3n) is 14.2. The summed E-state index contributed by atoms with van der Waals surface area (Å²) >= 11 is 22.8. The van der Waals surface area contributed by atoms with Gasteiger partial charge in [0.1, 0.15) is 0 Å². The van der Waals surface area contributed by atoms with Crippen molar-refractivity contribution in [3.05, 3.63) is 92.6 Å². The van der Waals surface area contributed by atoms with E-state index in [9.17, 15) is 0 Å². The van der Waals surface area contributed by atoms with Gasteiger partial charge in [-0.05, 0) is 108 Å². The van der Waals surface area contributed by atoms with Crippen molar-refractivity contribution in [1.82, 2.24) is 9.13 Å². The van der Waals surface area contributed by atoms with Crippen LogP contribution in [0.15, 0.2) is 71.4 Å². The van der Waals surface area contributed by atoms with E-state index in [-0.39, 0.29) is 0 Å². The Bertz CT molecular complexity index is 2590. The van der Waals surface area contributed by atoms with Gasteiger partial charge in [-0.25, -0.2) is 0 Å². The summed E-state index contributed by atoms with van der Waals surface area (Å²) < 4.78 is 5.32. The minimum absolute atomic E-state index is 0.692. The minimum Gasteiger partial charge on any atom is -0.339 e. The fraction of sp³-hybridized carbons (Fsp3) is 0.483. The number of rotatable bonds is 26. The summed E-state index contributed by atoms with van der Waals surface area (Å²) in [5.74, 6) is 1.38.